The molecule has 9 heteroatoms. The second-order valence-electron chi connectivity index (χ2n) is 8.33. The van der Waals surface area contributed by atoms with Gasteiger partial charge in [0.05, 0.1) is 24.2 Å². The summed E-state index contributed by atoms with van der Waals surface area (Å²) < 4.78 is 41.6. The lowest BCUT2D eigenvalue weighted by Gasteiger charge is -2.37. The largest absolute Gasteiger partial charge is 0.490 e. The van der Waals surface area contributed by atoms with Crippen molar-refractivity contribution in [3.63, 3.8) is 0 Å². The van der Waals surface area contributed by atoms with Gasteiger partial charge in [-0.15, -0.1) is 0 Å². The van der Waals surface area contributed by atoms with Crippen molar-refractivity contribution in [2.45, 2.75) is 30.3 Å². The molecular weight excluding hydrogens is 454 g/mol. The van der Waals surface area contributed by atoms with Gasteiger partial charge in [0.25, 0.3) is 0 Å². The van der Waals surface area contributed by atoms with E-state index in [1.165, 1.54) is 12.1 Å². The van der Waals surface area contributed by atoms with Gasteiger partial charge < -0.3 is 18.9 Å². The topological polar surface area (TPSA) is 89.9 Å². The smallest absolute Gasteiger partial charge is 0.240 e. The van der Waals surface area contributed by atoms with E-state index < -0.39 is 10.0 Å². The van der Waals surface area contributed by atoms with E-state index in [1.807, 2.05) is 53.6 Å². The van der Waals surface area contributed by atoms with Crippen molar-refractivity contribution in [3.8, 4) is 11.5 Å². The highest BCUT2D eigenvalue weighted by atomic mass is 32.2. The zero-order valence-corrected chi connectivity index (χ0v) is 19.5. The lowest BCUT2D eigenvalue weighted by atomic mass is 9.99. The number of amides is 1. The van der Waals surface area contributed by atoms with E-state index in [-0.39, 0.29) is 29.8 Å². The average Bonchev–Trinajstić information content (AvgIpc) is 3.20. The third-order valence-corrected chi connectivity index (χ3v) is 7.59. The zero-order chi connectivity index (χ0) is 23.5. The molecule has 0 fully saturated rings. The molecule has 1 unspecified atom stereocenters. The van der Waals surface area contributed by atoms with E-state index in [2.05, 4.69) is 9.29 Å². The van der Waals surface area contributed by atoms with Crippen LogP contribution in [0.2, 0.25) is 0 Å². The number of aromatic nitrogens is 1. The maximum Gasteiger partial charge on any atom is 0.240 e. The van der Waals surface area contributed by atoms with Crippen LogP contribution in [0.15, 0.2) is 71.8 Å². The minimum absolute atomic E-state index is 0.00856. The van der Waals surface area contributed by atoms with Gasteiger partial charge >= 0.3 is 0 Å². The maximum absolute atomic E-state index is 13.2. The monoisotopic (exact) mass is 481 g/mol. The number of rotatable bonds is 6. The highest BCUT2D eigenvalue weighted by Gasteiger charge is 2.32. The van der Waals surface area contributed by atoms with Gasteiger partial charge in [-0.25, -0.2) is 13.1 Å². The van der Waals surface area contributed by atoms with Crippen molar-refractivity contribution in [2.24, 2.45) is 0 Å². The van der Waals surface area contributed by atoms with Crippen LogP contribution in [0.1, 0.15) is 30.1 Å². The van der Waals surface area contributed by atoms with Gasteiger partial charge in [0.2, 0.25) is 15.9 Å². The summed E-state index contributed by atoms with van der Waals surface area (Å²) in [5, 5.41) is 0. The van der Waals surface area contributed by atoms with Gasteiger partial charge in [-0.05, 0) is 29.8 Å². The molecule has 5 rings (SSSR count). The normalized spacial score (nSPS) is 17.6. The van der Waals surface area contributed by atoms with E-state index in [0.717, 1.165) is 17.7 Å². The standard InChI is InChI=1S/C25H27N3O5S/c29-24(28-15-14-27-13-4-8-21(27)25(28)19-6-2-1-3-7-19)11-12-26-34(30,31)20-9-10-22-23(18-20)33-17-5-16-32-22/h1-4,6-10,13,18,25-26H,5,11-12,14-17H2. The molecule has 0 aliphatic carbocycles. The van der Waals surface area contributed by atoms with Crippen molar-refractivity contribution in [3.05, 3.63) is 78.1 Å². The molecule has 1 amide bonds. The molecule has 3 aromatic rings. The summed E-state index contributed by atoms with van der Waals surface area (Å²) in [6, 6.07) is 18.3. The van der Waals surface area contributed by atoms with Crippen molar-refractivity contribution in [1.82, 2.24) is 14.2 Å². The summed E-state index contributed by atoms with van der Waals surface area (Å²) in [5.74, 6) is 0.856. The van der Waals surface area contributed by atoms with E-state index in [1.54, 1.807) is 6.07 Å². The number of carbonyl (C=O) groups is 1. The zero-order valence-electron chi connectivity index (χ0n) is 18.7. The van der Waals surface area contributed by atoms with Gasteiger partial charge in [-0.3, -0.25) is 4.79 Å². The first-order valence-corrected chi connectivity index (χ1v) is 12.9. The molecule has 0 bridgehead atoms. The highest BCUT2D eigenvalue weighted by Crippen LogP contribution is 2.33. The van der Waals surface area contributed by atoms with Crippen LogP contribution in [0.4, 0.5) is 0 Å². The summed E-state index contributed by atoms with van der Waals surface area (Å²) in [6.07, 6.45) is 2.83. The summed E-state index contributed by atoms with van der Waals surface area (Å²) in [7, 11) is -3.80. The number of nitrogens with zero attached hydrogens (tertiary/aromatic N) is 2. The molecule has 0 spiro atoms. The van der Waals surface area contributed by atoms with Crippen LogP contribution in [0.5, 0.6) is 11.5 Å². The molecule has 1 atom stereocenters. The molecule has 3 heterocycles. The van der Waals surface area contributed by atoms with Gasteiger partial charge in [0, 0.05) is 50.4 Å². The SMILES string of the molecule is O=C(CCNS(=O)(=O)c1ccc2c(c1)OCCCO2)N1CCn2cccc2C1c1ccccc1. The van der Waals surface area contributed by atoms with Gasteiger partial charge in [-0.1, -0.05) is 30.3 Å². The lowest BCUT2D eigenvalue weighted by molar-refractivity contribution is -0.133. The number of nitrogens with one attached hydrogen (secondary N) is 1. The first-order valence-electron chi connectivity index (χ1n) is 11.4. The van der Waals surface area contributed by atoms with E-state index in [0.29, 0.717) is 37.8 Å². The Labute approximate surface area is 199 Å². The number of hydrogen-bond donors (Lipinski definition) is 1. The Bertz CT molecular complexity index is 1270. The first kappa shape index (κ1) is 22.5. The molecule has 1 N–H and O–H groups in total. The first-order chi connectivity index (χ1) is 16.5. The molecule has 1 aromatic heterocycles. The maximum atomic E-state index is 13.2. The number of fused-ring (bicyclic) bond motifs is 2. The molecule has 2 aromatic carbocycles. The fourth-order valence-corrected chi connectivity index (χ4v) is 5.52. The van der Waals surface area contributed by atoms with Gasteiger partial charge in [0.15, 0.2) is 11.5 Å². The molecule has 2 aliphatic heterocycles. The number of benzene rings is 2. The Kier molecular flexibility index (Phi) is 6.30. The summed E-state index contributed by atoms with van der Waals surface area (Å²) >= 11 is 0. The molecule has 0 radical (unpaired) electrons. The predicted octanol–water partition coefficient (Wildman–Crippen LogP) is 2.95. The molecule has 0 saturated heterocycles. The second kappa shape index (κ2) is 9.52. The minimum Gasteiger partial charge on any atom is -0.490 e. The molecular formula is C25H27N3O5S. The summed E-state index contributed by atoms with van der Waals surface area (Å²) in [5.41, 5.74) is 2.09. The summed E-state index contributed by atoms with van der Waals surface area (Å²) in [4.78, 5) is 15.1. The van der Waals surface area contributed by atoms with Gasteiger partial charge in [0.1, 0.15) is 0 Å². The number of ether oxygens (including phenoxy) is 2. The highest BCUT2D eigenvalue weighted by molar-refractivity contribution is 7.89. The van der Waals surface area contributed by atoms with Crippen LogP contribution < -0.4 is 14.2 Å². The Hall–Kier alpha value is -3.30. The fourth-order valence-electron chi connectivity index (χ4n) is 4.47. The van der Waals surface area contributed by atoms with Crippen LogP contribution in [0.3, 0.4) is 0 Å². The van der Waals surface area contributed by atoms with Crippen LogP contribution in [-0.4, -0.2) is 50.1 Å². The lowest BCUT2D eigenvalue weighted by Crippen LogP contribution is -2.43. The van der Waals surface area contributed by atoms with Crippen LogP contribution in [0, 0.1) is 0 Å². The predicted molar refractivity (Wildman–Crippen MR) is 126 cm³/mol. The Morgan fingerprint density at radius 1 is 0.971 bits per heavy atom. The van der Waals surface area contributed by atoms with Crippen molar-refractivity contribution in [2.75, 3.05) is 26.3 Å². The van der Waals surface area contributed by atoms with E-state index in [9.17, 15) is 13.2 Å². The Morgan fingerprint density at radius 3 is 2.59 bits per heavy atom. The molecule has 0 saturated carbocycles. The minimum atomic E-state index is -3.80. The van der Waals surface area contributed by atoms with Crippen molar-refractivity contribution in [1.29, 1.82) is 0 Å². The van der Waals surface area contributed by atoms with Crippen molar-refractivity contribution < 1.29 is 22.7 Å². The quantitative estimate of drug-likeness (QED) is 0.585. The molecule has 34 heavy (non-hydrogen) atoms. The average molecular weight is 482 g/mol. The van der Waals surface area contributed by atoms with Crippen LogP contribution >= 0.6 is 0 Å². The van der Waals surface area contributed by atoms with Crippen LogP contribution in [0.25, 0.3) is 0 Å². The Morgan fingerprint density at radius 2 is 1.76 bits per heavy atom. The third-order valence-electron chi connectivity index (χ3n) is 6.13. The van der Waals surface area contributed by atoms with E-state index >= 15 is 0 Å². The van der Waals surface area contributed by atoms with Crippen LogP contribution in [-0.2, 0) is 21.4 Å². The van der Waals surface area contributed by atoms with Crippen molar-refractivity contribution >= 4 is 15.9 Å². The Balaban J connectivity index is 1.27. The fraction of sp³-hybridized carbons (Fsp3) is 0.320. The van der Waals surface area contributed by atoms with E-state index in [4.69, 9.17) is 9.47 Å². The molecule has 8 nitrogen and oxygen atoms in total. The summed E-state index contributed by atoms with van der Waals surface area (Å²) in [6.45, 7) is 2.29. The number of carbonyl (C=O) groups excluding carboxylic acids is 1. The van der Waals surface area contributed by atoms with Gasteiger partial charge in [-0.2, -0.15) is 0 Å². The molecule has 178 valence electrons. The third kappa shape index (κ3) is 4.53. The number of hydrogen-bond acceptors (Lipinski definition) is 5. The molecule has 2 aliphatic rings. The number of sulfonamides is 1. The second-order valence-corrected chi connectivity index (χ2v) is 10.1.